The largest absolute Gasteiger partial charge is 0.492 e. The average molecular weight is 294 g/mol. The highest BCUT2D eigenvalue weighted by Gasteiger charge is 2.44. The van der Waals surface area contributed by atoms with E-state index in [-0.39, 0.29) is 13.0 Å². The number of hydrogen-bond acceptors (Lipinski definition) is 4. The summed E-state index contributed by atoms with van der Waals surface area (Å²) in [6.07, 6.45) is 0.239. The third-order valence-corrected chi connectivity index (χ3v) is 3.22. The molecule has 7 heteroatoms. The molecule has 1 aromatic rings. The summed E-state index contributed by atoms with van der Waals surface area (Å²) in [4.78, 5) is 23.4. The second-order valence-corrected chi connectivity index (χ2v) is 4.70. The zero-order chi connectivity index (χ0) is 15.3. The highest BCUT2D eigenvalue weighted by molar-refractivity contribution is 5.95. The number of ether oxygens (including phenoxy) is 2. The molecule has 0 aromatic heterocycles. The van der Waals surface area contributed by atoms with Gasteiger partial charge in [0.05, 0.1) is 18.9 Å². The number of aliphatic carboxylic acids is 1. The molecule has 2 rings (SSSR count). The van der Waals surface area contributed by atoms with Gasteiger partial charge in [-0.2, -0.15) is 0 Å². The van der Waals surface area contributed by atoms with Crippen LogP contribution in [0.1, 0.15) is 13.3 Å². The first-order chi connectivity index (χ1) is 10.1. The molecule has 1 aliphatic heterocycles. The molecule has 1 heterocycles. The SMILES string of the molecule is CCOc1ccccc1NC(=O)NC1(C(=O)O)CCOC1. The molecule has 1 aliphatic rings. The molecule has 7 nitrogen and oxygen atoms in total. The molecule has 1 saturated heterocycles. The average Bonchev–Trinajstić information content (AvgIpc) is 2.91. The summed E-state index contributed by atoms with van der Waals surface area (Å²) in [6.45, 7) is 2.57. The van der Waals surface area contributed by atoms with E-state index in [0.29, 0.717) is 24.7 Å². The van der Waals surface area contributed by atoms with Crippen LogP contribution in [0.5, 0.6) is 5.75 Å². The Labute approximate surface area is 122 Å². The van der Waals surface area contributed by atoms with E-state index in [1.807, 2.05) is 6.92 Å². The van der Waals surface area contributed by atoms with Crippen LogP contribution in [-0.4, -0.2) is 42.5 Å². The highest BCUT2D eigenvalue weighted by Crippen LogP contribution is 2.24. The van der Waals surface area contributed by atoms with E-state index in [1.165, 1.54) is 0 Å². The van der Waals surface area contributed by atoms with Gasteiger partial charge in [0.15, 0.2) is 5.54 Å². The molecule has 3 N–H and O–H groups in total. The fourth-order valence-corrected chi connectivity index (χ4v) is 2.11. The first-order valence-corrected chi connectivity index (χ1v) is 6.69. The molecular weight excluding hydrogens is 276 g/mol. The van der Waals surface area contributed by atoms with E-state index in [1.54, 1.807) is 24.3 Å². The van der Waals surface area contributed by atoms with E-state index in [0.717, 1.165) is 0 Å². The number of amides is 2. The third-order valence-electron chi connectivity index (χ3n) is 3.22. The Hall–Kier alpha value is -2.28. The number of para-hydroxylation sites is 2. The van der Waals surface area contributed by atoms with Crippen LogP contribution in [-0.2, 0) is 9.53 Å². The van der Waals surface area contributed by atoms with Crippen molar-refractivity contribution in [1.29, 1.82) is 0 Å². The number of carbonyl (C=O) groups is 2. The summed E-state index contributed by atoms with van der Waals surface area (Å²) in [5, 5.41) is 14.4. The molecule has 21 heavy (non-hydrogen) atoms. The minimum absolute atomic E-state index is 0.0388. The van der Waals surface area contributed by atoms with Crippen molar-refractivity contribution in [2.45, 2.75) is 18.9 Å². The molecule has 1 unspecified atom stereocenters. The normalized spacial score (nSPS) is 20.8. The van der Waals surface area contributed by atoms with Gasteiger partial charge in [-0.1, -0.05) is 12.1 Å². The second kappa shape index (κ2) is 6.45. The molecule has 114 valence electrons. The van der Waals surface area contributed by atoms with Crippen LogP contribution in [0, 0.1) is 0 Å². The van der Waals surface area contributed by atoms with Gasteiger partial charge in [0.25, 0.3) is 0 Å². The van der Waals surface area contributed by atoms with Crippen molar-refractivity contribution in [2.24, 2.45) is 0 Å². The molecular formula is C14H18N2O5. The van der Waals surface area contributed by atoms with E-state index >= 15 is 0 Å². The number of nitrogens with one attached hydrogen (secondary N) is 2. The lowest BCUT2D eigenvalue weighted by molar-refractivity contribution is -0.144. The van der Waals surface area contributed by atoms with Gasteiger partial charge in [-0.05, 0) is 19.1 Å². The van der Waals surface area contributed by atoms with Crippen LogP contribution in [0.25, 0.3) is 0 Å². The fraction of sp³-hybridized carbons (Fsp3) is 0.429. The topological polar surface area (TPSA) is 96.9 Å². The first-order valence-electron chi connectivity index (χ1n) is 6.69. The zero-order valence-corrected chi connectivity index (χ0v) is 11.7. The van der Waals surface area contributed by atoms with Crippen LogP contribution in [0.15, 0.2) is 24.3 Å². The Morgan fingerprint density at radius 1 is 1.43 bits per heavy atom. The van der Waals surface area contributed by atoms with Crippen LogP contribution in [0.4, 0.5) is 10.5 Å². The van der Waals surface area contributed by atoms with Gasteiger partial charge in [0.2, 0.25) is 0 Å². The smallest absolute Gasteiger partial charge is 0.332 e. The lowest BCUT2D eigenvalue weighted by Gasteiger charge is -2.24. The van der Waals surface area contributed by atoms with Crippen molar-refractivity contribution in [2.75, 3.05) is 25.1 Å². The van der Waals surface area contributed by atoms with E-state index < -0.39 is 17.5 Å². The van der Waals surface area contributed by atoms with Gasteiger partial charge in [-0.15, -0.1) is 0 Å². The first kappa shape index (κ1) is 15.1. The Kier molecular flexibility index (Phi) is 4.64. The molecule has 1 fully saturated rings. The van der Waals surface area contributed by atoms with Gasteiger partial charge >= 0.3 is 12.0 Å². The molecule has 0 spiro atoms. The molecule has 0 bridgehead atoms. The number of carboxylic acids is 1. The van der Waals surface area contributed by atoms with Crippen molar-refractivity contribution in [3.8, 4) is 5.75 Å². The molecule has 0 saturated carbocycles. The van der Waals surface area contributed by atoms with Crippen molar-refractivity contribution in [3.05, 3.63) is 24.3 Å². The minimum Gasteiger partial charge on any atom is -0.492 e. The lowest BCUT2D eigenvalue weighted by Crippen LogP contribution is -2.56. The predicted octanol–water partition coefficient (Wildman–Crippen LogP) is 1.45. The van der Waals surface area contributed by atoms with Crippen molar-refractivity contribution >= 4 is 17.7 Å². The summed E-state index contributed by atoms with van der Waals surface area (Å²) in [5.74, 6) is -0.574. The summed E-state index contributed by atoms with van der Waals surface area (Å²) in [5.41, 5.74) is -0.888. The van der Waals surface area contributed by atoms with Crippen LogP contribution in [0.2, 0.25) is 0 Å². The maximum absolute atomic E-state index is 12.0. The Morgan fingerprint density at radius 2 is 2.19 bits per heavy atom. The zero-order valence-electron chi connectivity index (χ0n) is 11.7. The third kappa shape index (κ3) is 3.43. The number of anilines is 1. The van der Waals surface area contributed by atoms with E-state index in [4.69, 9.17) is 9.47 Å². The summed E-state index contributed by atoms with van der Waals surface area (Å²) < 4.78 is 10.5. The fourth-order valence-electron chi connectivity index (χ4n) is 2.11. The monoisotopic (exact) mass is 294 g/mol. The van der Waals surface area contributed by atoms with Crippen LogP contribution in [0.3, 0.4) is 0 Å². The summed E-state index contributed by atoms with van der Waals surface area (Å²) >= 11 is 0. The molecule has 1 aromatic carbocycles. The maximum Gasteiger partial charge on any atom is 0.332 e. The van der Waals surface area contributed by atoms with Gasteiger partial charge in [0, 0.05) is 13.0 Å². The van der Waals surface area contributed by atoms with Gasteiger partial charge < -0.3 is 25.2 Å². The Morgan fingerprint density at radius 3 is 2.81 bits per heavy atom. The number of carbonyl (C=O) groups excluding carboxylic acids is 1. The standard InChI is InChI=1S/C14H18N2O5/c1-2-21-11-6-4-3-5-10(11)15-13(19)16-14(12(17)18)7-8-20-9-14/h3-6H,2,7-9H2,1H3,(H,17,18)(H2,15,16,19). The van der Waals surface area contributed by atoms with Crippen LogP contribution >= 0.6 is 0 Å². The summed E-state index contributed by atoms with van der Waals surface area (Å²) in [6, 6.07) is 6.35. The van der Waals surface area contributed by atoms with Crippen molar-refractivity contribution in [3.63, 3.8) is 0 Å². The van der Waals surface area contributed by atoms with Crippen molar-refractivity contribution < 1.29 is 24.2 Å². The second-order valence-electron chi connectivity index (χ2n) is 4.70. The Balaban J connectivity index is 2.06. The number of rotatable bonds is 5. The molecule has 0 radical (unpaired) electrons. The number of urea groups is 1. The highest BCUT2D eigenvalue weighted by atomic mass is 16.5. The Bertz CT molecular complexity index is 526. The number of hydrogen-bond donors (Lipinski definition) is 3. The molecule has 1 atom stereocenters. The van der Waals surface area contributed by atoms with Gasteiger partial charge in [-0.3, -0.25) is 0 Å². The quantitative estimate of drug-likeness (QED) is 0.763. The van der Waals surface area contributed by atoms with Crippen molar-refractivity contribution in [1.82, 2.24) is 5.32 Å². The van der Waals surface area contributed by atoms with Crippen LogP contribution < -0.4 is 15.4 Å². The predicted molar refractivity (Wildman–Crippen MR) is 75.6 cm³/mol. The number of carboxylic acid groups (broad SMARTS) is 1. The van der Waals surface area contributed by atoms with Gasteiger partial charge in [-0.25, -0.2) is 9.59 Å². The molecule has 0 aliphatic carbocycles. The minimum atomic E-state index is -1.37. The summed E-state index contributed by atoms with van der Waals surface area (Å²) in [7, 11) is 0. The van der Waals surface area contributed by atoms with E-state index in [2.05, 4.69) is 10.6 Å². The molecule has 2 amide bonds. The number of benzene rings is 1. The van der Waals surface area contributed by atoms with Gasteiger partial charge in [0.1, 0.15) is 5.75 Å². The maximum atomic E-state index is 12.0. The van der Waals surface area contributed by atoms with E-state index in [9.17, 15) is 14.7 Å². The lowest BCUT2D eigenvalue weighted by atomic mass is 9.99.